The minimum Gasteiger partial charge on any atom is -0.493 e. The van der Waals surface area contributed by atoms with Crippen molar-refractivity contribution in [2.75, 3.05) is 7.11 Å². The molecule has 0 spiro atoms. The van der Waals surface area contributed by atoms with E-state index in [-0.39, 0.29) is 6.54 Å². The second-order valence-corrected chi connectivity index (χ2v) is 5.70. The molecule has 0 aromatic heterocycles. The Labute approximate surface area is 146 Å². The summed E-state index contributed by atoms with van der Waals surface area (Å²) in [6.07, 6.45) is -2.05. The molecule has 0 bridgehead atoms. The SMILES string of the molecule is COc1ccccc1OC(C)C(O)C(=O)NCc1cccc(Cl)c1. The van der Waals surface area contributed by atoms with Gasteiger partial charge in [-0.1, -0.05) is 35.9 Å². The zero-order valence-corrected chi connectivity index (χ0v) is 14.3. The molecule has 2 aromatic carbocycles. The molecule has 0 saturated carbocycles. The number of para-hydroxylation sites is 2. The van der Waals surface area contributed by atoms with Crippen LogP contribution in [-0.4, -0.2) is 30.3 Å². The summed E-state index contributed by atoms with van der Waals surface area (Å²) in [4.78, 5) is 12.1. The molecule has 0 saturated heterocycles. The summed E-state index contributed by atoms with van der Waals surface area (Å²) >= 11 is 5.90. The first-order chi connectivity index (χ1) is 11.5. The van der Waals surface area contributed by atoms with Crippen molar-refractivity contribution in [2.45, 2.75) is 25.7 Å². The summed E-state index contributed by atoms with van der Waals surface area (Å²) in [6.45, 7) is 1.90. The van der Waals surface area contributed by atoms with Gasteiger partial charge in [0.25, 0.3) is 5.91 Å². The molecule has 5 nitrogen and oxygen atoms in total. The van der Waals surface area contributed by atoms with Crippen molar-refractivity contribution >= 4 is 17.5 Å². The van der Waals surface area contributed by atoms with Crippen molar-refractivity contribution in [3.8, 4) is 11.5 Å². The lowest BCUT2D eigenvalue weighted by atomic mass is 10.2. The van der Waals surface area contributed by atoms with Gasteiger partial charge < -0.3 is 19.9 Å². The summed E-state index contributed by atoms with van der Waals surface area (Å²) in [5.74, 6) is 0.488. The van der Waals surface area contributed by atoms with Crippen molar-refractivity contribution in [3.05, 3.63) is 59.1 Å². The van der Waals surface area contributed by atoms with E-state index in [4.69, 9.17) is 21.1 Å². The third kappa shape index (κ3) is 4.88. The van der Waals surface area contributed by atoms with Gasteiger partial charge in [0.05, 0.1) is 7.11 Å². The Morgan fingerprint density at radius 1 is 1.21 bits per heavy atom. The molecule has 2 aromatic rings. The van der Waals surface area contributed by atoms with Crippen LogP contribution in [0.2, 0.25) is 5.02 Å². The van der Waals surface area contributed by atoms with Crippen LogP contribution in [0.3, 0.4) is 0 Å². The quantitative estimate of drug-likeness (QED) is 0.806. The summed E-state index contributed by atoms with van der Waals surface area (Å²) in [5.41, 5.74) is 0.848. The first kappa shape index (κ1) is 18.1. The molecule has 2 atom stereocenters. The van der Waals surface area contributed by atoms with E-state index in [0.717, 1.165) is 5.56 Å². The molecule has 0 heterocycles. The summed E-state index contributed by atoms with van der Waals surface area (Å²) in [6, 6.07) is 14.2. The standard InChI is InChI=1S/C18H20ClNO4/c1-12(24-16-9-4-3-8-15(16)23-2)17(21)18(22)20-11-13-6-5-7-14(19)10-13/h3-10,12,17,21H,11H2,1-2H3,(H,20,22). The number of rotatable bonds is 7. The number of carbonyl (C=O) groups excluding carboxylic acids is 1. The van der Waals surface area contributed by atoms with Crippen molar-refractivity contribution in [3.63, 3.8) is 0 Å². The van der Waals surface area contributed by atoms with Gasteiger partial charge in [-0.05, 0) is 36.8 Å². The van der Waals surface area contributed by atoms with E-state index < -0.39 is 18.1 Å². The molecule has 0 aliphatic rings. The number of carbonyl (C=O) groups is 1. The molecule has 6 heteroatoms. The number of hydrogen-bond acceptors (Lipinski definition) is 4. The number of ether oxygens (including phenoxy) is 2. The van der Waals surface area contributed by atoms with Gasteiger partial charge in [0.15, 0.2) is 17.6 Å². The van der Waals surface area contributed by atoms with Crippen molar-refractivity contribution in [1.29, 1.82) is 0 Å². The van der Waals surface area contributed by atoms with Gasteiger partial charge in [-0.3, -0.25) is 4.79 Å². The molecule has 1 amide bonds. The van der Waals surface area contributed by atoms with Crippen LogP contribution < -0.4 is 14.8 Å². The van der Waals surface area contributed by atoms with Gasteiger partial charge in [0.2, 0.25) is 0 Å². The molecule has 24 heavy (non-hydrogen) atoms. The molecule has 2 rings (SSSR count). The van der Waals surface area contributed by atoms with Crippen LogP contribution in [0, 0.1) is 0 Å². The number of aliphatic hydroxyl groups excluding tert-OH is 1. The van der Waals surface area contributed by atoms with E-state index in [1.807, 2.05) is 12.1 Å². The van der Waals surface area contributed by atoms with Gasteiger partial charge >= 0.3 is 0 Å². The van der Waals surface area contributed by atoms with Gasteiger partial charge in [-0.25, -0.2) is 0 Å². The molecule has 0 fully saturated rings. The summed E-state index contributed by atoms with van der Waals surface area (Å²) in [5, 5.41) is 13.4. The first-order valence-corrected chi connectivity index (χ1v) is 7.89. The number of methoxy groups -OCH3 is 1. The molecule has 2 N–H and O–H groups in total. The topological polar surface area (TPSA) is 67.8 Å². The van der Waals surface area contributed by atoms with Gasteiger partial charge in [-0.15, -0.1) is 0 Å². The molecule has 0 aliphatic heterocycles. The Morgan fingerprint density at radius 3 is 2.58 bits per heavy atom. The monoisotopic (exact) mass is 349 g/mol. The number of hydrogen-bond donors (Lipinski definition) is 2. The maximum atomic E-state index is 12.1. The Kier molecular flexibility index (Phi) is 6.46. The van der Waals surface area contributed by atoms with Crippen molar-refractivity contribution < 1.29 is 19.4 Å². The van der Waals surface area contributed by atoms with E-state index in [1.165, 1.54) is 7.11 Å². The fourth-order valence-corrected chi connectivity index (χ4v) is 2.35. The molecular weight excluding hydrogens is 330 g/mol. The lowest BCUT2D eigenvalue weighted by Gasteiger charge is -2.21. The van der Waals surface area contributed by atoms with Crippen LogP contribution in [-0.2, 0) is 11.3 Å². The molecule has 0 radical (unpaired) electrons. The van der Waals surface area contributed by atoms with Crippen LogP contribution in [0.25, 0.3) is 0 Å². The number of amides is 1. The normalized spacial score (nSPS) is 13.0. The largest absolute Gasteiger partial charge is 0.493 e. The van der Waals surface area contributed by atoms with Crippen LogP contribution in [0.4, 0.5) is 0 Å². The molecule has 128 valence electrons. The average molecular weight is 350 g/mol. The third-order valence-corrected chi connectivity index (χ3v) is 3.69. The Bertz CT molecular complexity index is 692. The fourth-order valence-electron chi connectivity index (χ4n) is 2.13. The van der Waals surface area contributed by atoms with E-state index >= 15 is 0 Å². The Morgan fingerprint density at radius 2 is 1.92 bits per heavy atom. The minimum absolute atomic E-state index is 0.276. The van der Waals surface area contributed by atoms with Crippen LogP contribution in [0.15, 0.2) is 48.5 Å². The van der Waals surface area contributed by atoms with Crippen molar-refractivity contribution in [2.24, 2.45) is 0 Å². The van der Waals surface area contributed by atoms with E-state index in [1.54, 1.807) is 43.3 Å². The maximum Gasteiger partial charge on any atom is 0.252 e. The number of halogens is 1. The first-order valence-electron chi connectivity index (χ1n) is 7.51. The van der Waals surface area contributed by atoms with Crippen LogP contribution >= 0.6 is 11.6 Å². The summed E-state index contributed by atoms with van der Waals surface area (Å²) in [7, 11) is 1.53. The minimum atomic E-state index is -1.31. The second-order valence-electron chi connectivity index (χ2n) is 5.27. The lowest BCUT2D eigenvalue weighted by molar-refractivity contribution is -0.133. The number of nitrogens with one attached hydrogen (secondary N) is 1. The predicted octanol–water partition coefficient (Wildman–Crippen LogP) is 2.79. The van der Waals surface area contributed by atoms with E-state index in [9.17, 15) is 9.90 Å². The summed E-state index contributed by atoms with van der Waals surface area (Å²) < 4.78 is 10.8. The van der Waals surface area contributed by atoms with Crippen molar-refractivity contribution in [1.82, 2.24) is 5.32 Å². The van der Waals surface area contributed by atoms with Gasteiger partial charge in [0.1, 0.15) is 6.10 Å². The smallest absolute Gasteiger partial charge is 0.252 e. The number of benzene rings is 2. The van der Waals surface area contributed by atoms with E-state index in [2.05, 4.69) is 5.32 Å². The van der Waals surface area contributed by atoms with Gasteiger partial charge in [-0.2, -0.15) is 0 Å². The Balaban J connectivity index is 1.92. The highest BCUT2D eigenvalue weighted by atomic mass is 35.5. The molecular formula is C18H20ClNO4. The van der Waals surface area contributed by atoms with Crippen LogP contribution in [0.1, 0.15) is 12.5 Å². The highest BCUT2D eigenvalue weighted by molar-refractivity contribution is 6.30. The maximum absolute atomic E-state index is 12.1. The fraction of sp³-hybridized carbons (Fsp3) is 0.278. The zero-order chi connectivity index (χ0) is 17.5. The molecule has 0 aliphatic carbocycles. The van der Waals surface area contributed by atoms with Crippen LogP contribution in [0.5, 0.6) is 11.5 Å². The Hall–Kier alpha value is -2.24. The second kappa shape index (κ2) is 8.57. The predicted molar refractivity (Wildman–Crippen MR) is 92.4 cm³/mol. The number of aliphatic hydroxyl groups is 1. The van der Waals surface area contributed by atoms with Gasteiger partial charge in [0, 0.05) is 11.6 Å². The highest BCUT2D eigenvalue weighted by Crippen LogP contribution is 2.27. The molecule has 2 unspecified atom stereocenters. The average Bonchev–Trinajstić information content (AvgIpc) is 2.59. The van der Waals surface area contributed by atoms with E-state index in [0.29, 0.717) is 16.5 Å². The third-order valence-electron chi connectivity index (χ3n) is 3.45. The highest BCUT2D eigenvalue weighted by Gasteiger charge is 2.24. The zero-order valence-electron chi connectivity index (χ0n) is 13.5. The lowest BCUT2D eigenvalue weighted by Crippen LogP contribution is -2.43.